The highest BCUT2D eigenvalue weighted by atomic mass is 19.1. The van der Waals surface area contributed by atoms with Gasteiger partial charge < -0.3 is 15.0 Å². The monoisotopic (exact) mass is 412 g/mol. The van der Waals surface area contributed by atoms with E-state index in [4.69, 9.17) is 4.74 Å². The van der Waals surface area contributed by atoms with E-state index in [0.717, 1.165) is 34.6 Å². The number of halogens is 2. The number of fused-ring (bicyclic) bond motifs is 1. The van der Waals surface area contributed by atoms with E-state index in [-0.39, 0.29) is 5.69 Å². The van der Waals surface area contributed by atoms with E-state index < -0.39 is 17.7 Å². The standard InChI is InChI=1S/C22H22F2N4O2/c1-27-21-9-10-28(22(29)25-19-8-7-16(23)11-18(19)24)12-17(21)20(26-27)14-30-13-15-5-3-2-4-6-15/h2-8,11H,9-10,12-14H2,1H3,(H,25,29). The lowest BCUT2D eigenvalue weighted by Gasteiger charge is -2.28. The van der Waals surface area contributed by atoms with Gasteiger partial charge in [-0.25, -0.2) is 13.6 Å². The molecular formula is C22H22F2N4O2. The third-order valence-corrected chi connectivity index (χ3v) is 5.14. The average molecular weight is 412 g/mol. The van der Waals surface area contributed by atoms with Gasteiger partial charge in [-0.05, 0) is 17.7 Å². The minimum atomic E-state index is -0.808. The molecule has 0 unspecified atom stereocenters. The molecule has 2 aromatic carbocycles. The van der Waals surface area contributed by atoms with E-state index in [1.54, 1.807) is 4.90 Å². The van der Waals surface area contributed by atoms with E-state index in [1.165, 1.54) is 6.07 Å². The summed E-state index contributed by atoms with van der Waals surface area (Å²) in [5, 5.41) is 7.07. The Hall–Kier alpha value is -3.26. The summed E-state index contributed by atoms with van der Waals surface area (Å²) in [6, 6.07) is 12.5. The number of nitrogens with zero attached hydrogens (tertiary/aromatic N) is 3. The molecule has 8 heteroatoms. The highest BCUT2D eigenvalue weighted by molar-refractivity contribution is 5.89. The van der Waals surface area contributed by atoms with Gasteiger partial charge in [0.1, 0.15) is 11.6 Å². The Bertz CT molecular complexity index is 1050. The van der Waals surface area contributed by atoms with Crippen molar-refractivity contribution in [2.75, 3.05) is 11.9 Å². The van der Waals surface area contributed by atoms with Gasteiger partial charge in [0.15, 0.2) is 0 Å². The first kappa shape index (κ1) is 20.0. The lowest BCUT2D eigenvalue weighted by atomic mass is 10.1. The van der Waals surface area contributed by atoms with Gasteiger partial charge in [-0.2, -0.15) is 5.10 Å². The van der Waals surface area contributed by atoms with Crippen LogP contribution in [0.3, 0.4) is 0 Å². The molecule has 0 bridgehead atoms. The molecule has 1 aromatic heterocycles. The average Bonchev–Trinajstić information content (AvgIpc) is 3.06. The van der Waals surface area contributed by atoms with Gasteiger partial charge in [-0.15, -0.1) is 0 Å². The molecule has 1 aliphatic rings. The van der Waals surface area contributed by atoms with Crippen LogP contribution in [-0.4, -0.2) is 27.3 Å². The first-order valence-electron chi connectivity index (χ1n) is 9.67. The van der Waals surface area contributed by atoms with Crippen molar-refractivity contribution >= 4 is 11.7 Å². The van der Waals surface area contributed by atoms with Crippen LogP contribution in [0.25, 0.3) is 0 Å². The normalized spacial score (nSPS) is 13.2. The van der Waals surface area contributed by atoms with E-state index in [9.17, 15) is 13.6 Å². The second-order valence-corrected chi connectivity index (χ2v) is 7.20. The Morgan fingerprint density at radius 1 is 1.17 bits per heavy atom. The fraction of sp³-hybridized carbons (Fsp3) is 0.273. The van der Waals surface area contributed by atoms with Gasteiger partial charge in [0, 0.05) is 37.3 Å². The molecule has 0 atom stereocenters. The largest absolute Gasteiger partial charge is 0.370 e. The number of aromatic nitrogens is 2. The highest BCUT2D eigenvalue weighted by Gasteiger charge is 2.27. The van der Waals surface area contributed by atoms with Crippen molar-refractivity contribution in [1.82, 2.24) is 14.7 Å². The molecule has 6 nitrogen and oxygen atoms in total. The Balaban J connectivity index is 1.42. The van der Waals surface area contributed by atoms with Crippen molar-refractivity contribution < 1.29 is 18.3 Å². The molecule has 0 radical (unpaired) electrons. The van der Waals surface area contributed by atoms with Crippen LogP contribution in [0, 0.1) is 11.6 Å². The van der Waals surface area contributed by atoms with Gasteiger partial charge in [0.25, 0.3) is 0 Å². The summed E-state index contributed by atoms with van der Waals surface area (Å²) in [6.45, 7) is 1.63. The number of hydrogen-bond acceptors (Lipinski definition) is 3. The molecule has 0 saturated heterocycles. The predicted molar refractivity (Wildman–Crippen MR) is 108 cm³/mol. The smallest absolute Gasteiger partial charge is 0.322 e. The van der Waals surface area contributed by atoms with Gasteiger partial charge in [0.2, 0.25) is 0 Å². The van der Waals surface area contributed by atoms with Crippen LogP contribution < -0.4 is 5.32 Å². The van der Waals surface area contributed by atoms with Crippen LogP contribution in [-0.2, 0) is 38.0 Å². The third-order valence-electron chi connectivity index (χ3n) is 5.14. The number of anilines is 1. The second kappa shape index (κ2) is 8.62. The molecule has 0 fully saturated rings. The van der Waals surface area contributed by atoms with Gasteiger partial charge in [-0.1, -0.05) is 30.3 Å². The summed E-state index contributed by atoms with van der Waals surface area (Å²) in [7, 11) is 1.88. The number of carbonyl (C=O) groups excluding carboxylic acids is 1. The van der Waals surface area contributed by atoms with E-state index in [2.05, 4.69) is 10.4 Å². The molecular weight excluding hydrogens is 390 g/mol. The Labute approximate surface area is 173 Å². The first-order chi connectivity index (χ1) is 14.5. The van der Waals surface area contributed by atoms with Crippen molar-refractivity contribution in [2.24, 2.45) is 7.05 Å². The number of amides is 2. The number of benzene rings is 2. The number of urea groups is 1. The van der Waals surface area contributed by atoms with Crippen LogP contribution in [0.15, 0.2) is 48.5 Å². The van der Waals surface area contributed by atoms with Crippen molar-refractivity contribution in [3.63, 3.8) is 0 Å². The zero-order chi connectivity index (χ0) is 21.1. The SMILES string of the molecule is Cn1nc(COCc2ccccc2)c2c1CCN(C(=O)Nc1ccc(F)cc1F)C2. The van der Waals surface area contributed by atoms with Crippen LogP contribution in [0.4, 0.5) is 19.3 Å². The lowest BCUT2D eigenvalue weighted by Crippen LogP contribution is -2.39. The minimum Gasteiger partial charge on any atom is -0.370 e. The number of ether oxygens (including phenoxy) is 1. The third kappa shape index (κ3) is 4.33. The molecule has 1 aliphatic heterocycles. The summed E-state index contributed by atoms with van der Waals surface area (Å²) in [4.78, 5) is 14.2. The number of aryl methyl sites for hydroxylation is 1. The Morgan fingerprint density at radius 3 is 2.73 bits per heavy atom. The number of hydrogen-bond donors (Lipinski definition) is 1. The molecule has 0 aliphatic carbocycles. The number of nitrogens with one attached hydrogen (secondary N) is 1. The number of rotatable bonds is 5. The maximum Gasteiger partial charge on any atom is 0.322 e. The number of carbonyl (C=O) groups is 1. The highest BCUT2D eigenvalue weighted by Crippen LogP contribution is 2.24. The molecule has 4 rings (SSSR count). The van der Waals surface area contributed by atoms with Crippen LogP contribution in [0.5, 0.6) is 0 Å². The fourth-order valence-electron chi connectivity index (χ4n) is 3.58. The zero-order valence-electron chi connectivity index (χ0n) is 16.6. The van der Waals surface area contributed by atoms with Crippen molar-refractivity contribution in [2.45, 2.75) is 26.2 Å². The molecule has 0 spiro atoms. The Morgan fingerprint density at radius 2 is 1.97 bits per heavy atom. The summed E-state index contributed by atoms with van der Waals surface area (Å²) >= 11 is 0. The van der Waals surface area contributed by atoms with E-state index in [1.807, 2.05) is 42.1 Å². The van der Waals surface area contributed by atoms with E-state index >= 15 is 0 Å². The van der Waals surface area contributed by atoms with Crippen LogP contribution in [0.1, 0.15) is 22.5 Å². The van der Waals surface area contributed by atoms with Crippen molar-refractivity contribution in [3.05, 3.63) is 82.7 Å². The lowest BCUT2D eigenvalue weighted by molar-refractivity contribution is 0.103. The molecule has 1 N–H and O–H groups in total. The molecule has 156 valence electrons. The van der Waals surface area contributed by atoms with Gasteiger partial charge >= 0.3 is 6.03 Å². The summed E-state index contributed by atoms with van der Waals surface area (Å²) in [5.74, 6) is -1.50. The molecule has 30 heavy (non-hydrogen) atoms. The second-order valence-electron chi connectivity index (χ2n) is 7.20. The van der Waals surface area contributed by atoms with Crippen molar-refractivity contribution in [3.8, 4) is 0 Å². The van der Waals surface area contributed by atoms with Gasteiger partial charge in [0.05, 0.1) is 31.1 Å². The fourth-order valence-corrected chi connectivity index (χ4v) is 3.58. The van der Waals surface area contributed by atoms with Gasteiger partial charge in [-0.3, -0.25) is 4.68 Å². The van der Waals surface area contributed by atoms with E-state index in [0.29, 0.717) is 32.7 Å². The zero-order valence-corrected chi connectivity index (χ0v) is 16.6. The maximum atomic E-state index is 13.9. The molecule has 0 saturated carbocycles. The molecule has 2 heterocycles. The van der Waals surface area contributed by atoms with Crippen LogP contribution in [0.2, 0.25) is 0 Å². The summed E-state index contributed by atoms with van der Waals surface area (Å²) < 4.78 is 34.6. The Kier molecular flexibility index (Phi) is 5.76. The summed E-state index contributed by atoms with van der Waals surface area (Å²) in [5.41, 5.74) is 3.82. The molecule has 3 aromatic rings. The minimum absolute atomic E-state index is 0.0511. The predicted octanol–water partition coefficient (Wildman–Crippen LogP) is 4.01. The topological polar surface area (TPSA) is 59.4 Å². The quantitative estimate of drug-likeness (QED) is 0.689. The van der Waals surface area contributed by atoms with Crippen LogP contribution >= 0.6 is 0 Å². The summed E-state index contributed by atoms with van der Waals surface area (Å²) in [6.07, 6.45) is 0.636. The first-order valence-corrected chi connectivity index (χ1v) is 9.67. The maximum absolute atomic E-state index is 13.9. The molecule has 2 amide bonds. The van der Waals surface area contributed by atoms with Crippen molar-refractivity contribution in [1.29, 1.82) is 0 Å².